The number of hydrogen-bond donors (Lipinski definition) is 0. The highest BCUT2D eigenvalue weighted by Crippen LogP contribution is 2.10. The zero-order chi connectivity index (χ0) is 15.2. The smallest absolute Gasteiger partial charge is 0.311 e. The molecule has 0 aromatic heterocycles. The molecule has 0 fully saturated rings. The third-order valence-corrected chi connectivity index (χ3v) is 3.38. The summed E-state index contributed by atoms with van der Waals surface area (Å²) in [5, 5.41) is 0. The van der Waals surface area contributed by atoms with Gasteiger partial charge in [-0.15, -0.1) is 0 Å². The van der Waals surface area contributed by atoms with Crippen LogP contribution in [0.3, 0.4) is 0 Å². The van der Waals surface area contributed by atoms with E-state index >= 15 is 0 Å². The lowest BCUT2D eigenvalue weighted by molar-refractivity contribution is -0.134. The van der Waals surface area contributed by atoms with Gasteiger partial charge in [-0.05, 0) is 31.4 Å². The molecule has 2 heteroatoms. The fourth-order valence-electron chi connectivity index (χ4n) is 2.15. The number of carbonyl (C=O) groups is 1. The van der Waals surface area contributed by atoms with Crippen molar-refractivity contribution >= 4 is 5.97 Å². The van der Waals surface area contributed by atoms with Gasteiger partial charge in [0.1, 0.15) is 5.75 Å². The minimum absolute atomic E-state index is 0.162. The van der Waals surface area contributed by atoms with Gasteiger partial charge in [-0.3, -0.25) is 4.79 Å². The number of benzene rings is 1. The maximum atomic E-state index is 11.6. The molecule has 0 spiro atoms. The Hall–Kier alpha value is -1.57. The minimum atomic E-state index is -0.162. The standard InChI is InChI=1S/C19H28O2/c1-2-3-4-5-6-7-8-9-10-14-17-19(20)21-18-15-12-11-13-16-18/h9-13,15-16H,2-8,14,17H2,1H3. The van der Waals surface area contributed by atoms with Gasteiger partial charge in [-0.25, -0.2) is 0 Å². The molecular formula is C19H28O2. The monoisotopic (exact) mass is 288 g/mol. The second kappa shape index (κ2) is 12.2. The molecule has 2 nitrogen and oxygen atoms in total. The highest BCUT2D eigenvalue weighted by molar-refractivity contribution is 5.72. The van der Waals surface area contributed by atoms with Crippen molar-refractivity contribution in [3.05, 3.63) is 42.5 Å². The van der Waals surface area contributed by atoms with E-state index in [0.29, 0.717) is 12.2 Å². The predicted molar refractivity (Wildman–Crippen MR) is 88.4 cm³/mol. The first-order valence-electron chi connectivity index (χ1n) is 8.23. The molecular weight excluding hydrogens is 260 g/mol. The average Bonchev–Trinajstić information content (AvgIpc) is 2.50. The summed E-state index contributed by atoms with van der Waals surface area (Å²) >= 11 is 0. The Morgan fingerprint density at radius 2 is 1.62 bits per heavy atom. The Labute approximate surface area is 129 Å². The quantitative estimate of drug-likeness (QED) is 0.227. The van der Waals surface area contributed by atoms with E-state index < -0.39 is 0 Å². The second-order valence-electron chi connectivity index (χ2n) is 5.35. The number of allylic oxidation sites excluding steroid dienone is 2. The fourth-order valence-corrected chi connectivity index (χ4v) is 2.15. The molecule has 21 heavy (non-hydrogen) atoms. The van der Waals surface area contributed by atoms with Crippen LogP contribution in [0.2, 0.25) is 0 Å². The summed E-state index contributed by atoms with van der Waals surface area (Å²) < 4.78 is 5.22. The summed E-state index contributed by atoms with van der Waals surface area (Å²) in [4.78, 5) is 11.6. The van der Waals surface area contributed by atoms with Crippen LogP contribution in [0.1, 0.15) is 64.7 Å². The third-order valence-electron chi connectivity index (χ3n) is 3.38. The van der Waals surface area contributed by atoms with E-state index in [1.54, 1.807) is 12.1 Å². The molecule has 0 saturated carbocycles. The SMILES string of the molecule is CCCCCCCCC=CCCC(=O)Oc1ccccc1. The lowest BCUT2D eigenvalue weighted by Crippen LogP contribution is -2.06. The molecule has 0 aliphatic rings. The summed E-state index contributed by atoms with van der Waals surface area (Å²) in [6.45, 7) is 2.24. The number of ether oxygens (including phenoxy) is 1. The number of rotatable bonds is 11. The normalized spacial score (nSPS) is 10.9. The van der Waals surface area contributed by atoms with E-state index in [0.717, 1.165) is 12.8 Å². The molecule has 0 heterocycles. The summed E-state index contributed by atoms with van der Waals surface area (Å²) in [5.74, 6) is 0.462. The van der Waals surface area contributed by atoms with Crippen molar-refractivity contribution in [1.82, 2.24) is 0 Å². The summed E-state index contributed by atoms with van der Waals surface area (Å²) in [5.41, 5.74) is 0. The molecule has 1 aromatic carbocycles. The van der Waals surface area contributed by atoms with Crippen molar-refractivity contribution in [3.63, 3.8) is 0 Å². The van der Waals surface area contributed by atoms with Crippen LogP contribution in [0, 0.1) is 0 Å². The van der Waals surface area contributed by atoms with Crippen molar-refractivity contribution in [2.45, 2.75) is 64.7 Å². The van der Waals surface area contributed by atoms with Crippen LogP contribution in [0.15, 0.2) is 42.5 Å². The van der Waals surface area contributed by atoms with Gasteiger partial charge in [0.15, 0.2) is 0 Å². The molecule has 0 saturated heterocycles. The molecule has 0 atom stereocenters. The first kappa shape index (κ1) is 17.5. The lowest BCUT2D eigenvalue weighted by Gasteiger charge is -2.02. The van der Waals surface area contributed by atoms with Gasteiger partial charge in [0.05, 0.1) is 0 Å². The number of esters is 1. The van der Waals surface area contributed by atoms with Crippen LogP contribution in [0.5, 0.6) is 5.75 Å². The Morgan fingerprint density at radius 3 is 2.38 bits per heavy atom. The van der Waals surface area contributed by atoms with Gasteiger partial charge in [0.25, 0.3) is 0 Å². The Bertz CT molecular complexity index is 395. The van der Waals surface area contributed by atoms with Gasteiger partial charge in [-0.1, -0.05) is 69.4 Å². The zero-order valence-electron chi connectivity index (χ0n) is 13.2. The molecule has 0 unspecified atom stereocenters. The van der Waals surface area contributed by atoms with Crippen LogP contribution in [-0.4, -0.2) is 5.97 Å². The van der Waals surface area contributed by atoms with Crippen molar-refractivity contribution in [1.29, 1.82) is 0 Å². The summed E-state index contributed by atoms with van der Waals surface area (Å²) in [6.07, 6.45) is 14.6. The maximum absolute atomic E-state index is 11.6. The second-order valence-corrected chi connectivity index (χ2v) is 5.35. The minimum Gasteiger partial charge on any atom is -0.427 e. The van der Waals surface area contributed by atoms with Crippen LogP contribution in [0.25, 0.3) is 0 Å². The van der Waals surface area contributed by atoms with Gasteiger partial charge >= 0.3 is 5.97 Å². The molecule has 1 aromatic rings. The van der Waals surface area contributed by atoms with Crippen molar-refractivity contribution in [2.24, 2.45) is 0 Å². The van der Waals surface area contributed by atoms with E-state index in [4.69, 9.17) is 4.74 Å². The molecule has 0 aliphatic heterocycles. The van der Waals surface area contributed by atoms with Gasteiger partial charge in [0, 0.05) is 6.42 Å². The first-order chi connectivity index (χ1) is 10.3. The van der Waals surface area contributed by atoms with Crippen LogP contribution in [-0.2, 0) is 4.79 Å². The molecule has 0 radical (unpaired) electrons. The van der Waals surface area contributed by atoms with Crippen LogP contribution >= 0.6 is 0 Å². The highest BCUT2D eigenvalue weighted by atomic mass is 16.5. The molecule has 1 rings (SSSR count). The number of hydrogen-bond acceptors (Lipinski definition) is 2. The van der Waals surface area contributed by atoms with Crippen molar-refractivity contribution in [2.75, 3.05) is 0 Å². The number of carbonyl (C=O) groups excluding carboxylic acids is 1. The lowest BCUT2D eigenvalue weighted by atomic mass is 10.1. The molecule has 0 bridgehead atoms. The zero-order valence-corrected chi connectivity index (χ0v) is 13.2. The number of unbranched alkanes of at least 4 members (excludes halogenated alkanes) is 6. The average molecular weight is 288 g/mol. The van der Waals surface area contributed by atoms with Gasteiger partial charge in [-0.2, -0.15) is 0 Å². The molecule has 116 valence electrons. The van der Waals surface area contributed by atoms with E-state index in [1.807, 2.05) is 18.2 Å². The Morgan fingerprint density at radius 1 is 0.952 bits per heavy atom. The van der Waals surface area contributed by atoms with Crippen LogP contribution < -0.4 is 4.74 Å². The van der Waals surface area contributed by atoms with E-state index in [-0.39, 0.29) is 5.97 Å². The van der Waals surface area contributed by atoms with Crippen LogP contribution in [0.4, 0.5) is 0 Å². The van der Waals surface area contributed by atoms with E-state index in [2.05, 4.69) is 19.1 Å². The topological polar surface area (TPSA) is 26.3 Å². The van der Waals surface area contributed by atoms with Gasteiger partial charge < -0.3 is 4.74 Å². The molecule has 0 N–H and O–H groups in total. The third kappa shape index (κ3) is 9.89. The first-order valence-corrected chi connectivity index (χ1v) is 8.23. The largest absolute Gasteiger partial charge is 0.427 e. The van der Waals surface area contributed by atoms with Crippen molar-refractivity contribution < 1.29 is 9.53 Å². The summed E-state index contributed by atoms with van der Waals surface area (Å²) in [7, 11) is 0. The van der Waals surface area contributed by atoms with E-state index in [9.17, 15) is 4.79 Å². The fraction of sp³-hybridized carbons (Fsp3) is 0.526. The van der Waals surface area contributed by atoms with Crippen molar-refractivity contribution in [3.8, 4) is 5.75 Å². The molecule has 0 amide bonds. The van der Waals surface area contributed by atoms with Gasteiger partial charge in [0.2, 0.25) is 0 Å². The van der Waals surface area contributed by atoms with E-state index in [1.165, 1.54) is 38.5 Å². The summed E-state index contributed by atoms with van der Waals surface area (Å²) in [6, 6.07) is 9.23. The predicted octanol–water partition coefficient (Wildman–Crippen LogP) is 5.68. The highest BCUT2D eigenvalue weighted by Gasteiger charge is 2.02. The Kier molecular flexibility index (Phi) is 10.1. The number of para-hydroxylation sites is 1. The Balaban J connectivity index is 1.97. The molecule has 0 aliphatic carbocycles. The maximum Gasteiger partial charge on any atom is 0.311 e.